The zero-order valence-electron chi connectivity index (χ0n) is 22.0. The zero-order chi connectivity index (χ0) is 26.8. The van der Waals surface area contributed by atoms with Gasteiger partial charge in [0.05, 0.1) is 18.2 Å². The number of aromatic nitrogens is 2. The minimum atomic E-state index is -0.285. The van der Waals surface area contributed by atoms with Crippen molar-refractivity contribution in [1.29, 1.82) is 0 Å². The summed E-state index contributed by atoms with van der Waals surface area (Å²) in [7, 11) is 5.20. The Morgan fingerprint density at radius 1 is 1.13 bits per heavy atom. The van der Waals surface area contributed by atoms with Gasteiger partial charge in [0.1, 0.15) is 22.8 Å². The molecule has 198 valence electrons. The highest BCUT2D eigenvalue weighted by atomic mass is 16.5. The van der Waals surface area contributed by atoms with Crippen LogP contribution < -0.4 is 20.5 Å². The number of phenolic OH excluding ortho intramolecular Hbond substituents is 1. The number of nitrogens with zero attached hydrogens (tertiary/aromatic N) is 4. The number of carbonyl (C=O) groups is 1. The summed E-state index contributed by atoms with van der Waals surface area (Å²) in [5, 5.41) is 14.5. The number of carbonyl (C=O) groups excluding carboxylic acids is 1. The van der Waals surface area contributed by atoms with Crippen LogP contribution in [-0.2, 0) is 6.54 Å². The van der Waals surface area contributed by atoms with E-state index >= 15 is 0 Å². The molecule has 1 aliphatic heterocycles. The van der Waals surface area contributed by atoms with E-state index in [0.717, 1.165) is 49.1 Å². The first-order valence-corrected chi connectivity index (χ1v) is 12.9. The average Bonchev–Trinajstić information content (AvgIpc) is 2.95. The molecule has 5 rings (SSSR count). The van der Waals surface area contributed by atoms with Crippen LogP contribution in [0.2, 0.25) is 0 Å². The van der Waals surface area contributed by atoms with Gasteiger partial charge in [-0.15, -0.1) is 0 Å². The number of rotatable bonds is 7. The summed E-state index contributed by atoms with van der Waals surface area (Å²) in [6.07, 6.45) is 1.94. The zero-order valence-corrected chi connectivity index (χ0v) is 22.0. The van der Waals surface area contributed by atoms with Crippen molar-refractivity contribution in [2.24, 2.45) is 0 Å². The number of phenols is 1. The molecule has 0 bridgehead atoms. The van der Waals surface area contributed by atoms with Crippen LogP contribution >= 0.6 is 0 Å². The number of likely N-dealkylation sites (tertiary alicyclic amines) is 1. The Morgan fingerprint density at radius 2 is 1.92 bits per heavy atom. The first kappa shape index (κ1) is 25.5. The molecule has 9 heteroatoms. The van der Waals surface area contributed by atoms with Crippen LogP contribution in [0.25, 0.3) is 21.8 Å². The van der Waals surface area contributed by atoms with Crippen LogP contribution in [0.15, 0.2) is 59.4 Å². The number of aromatic hydroxyl groups is 1. The van der Waals surface area contributed by atoms with Crippen LogP contribution in [0.3, 0.4) is 0 Å². The molecular formula is C29H33N5O4. The molecule has 0 spiro atoms. The number of fused-ring (bicyclic) bond motifs is 2. The molecule has 38 heavy (non-hydrogen) atoms. The van der Waals surface area contributed by atoms with Gasteiger partial charge >= 0.3 is 0 Å². The van der Waals surface area contributed by atoms with Crippen molar-refractivity contribution >= 4 is 33.5 Å². The number of nitrogens with one attached hydrogen (secondary N) is 1. The normalized spacial score (nSPS) is 14.6. The largest absolute Gasteiger partial charge is 0.506 e. The molecule has 1 aliphatic rings. The number of piperidine rings is 1. The monoisotopic (exact) mass is 515 g/mol. The van der Waals surface area contributed by atoms with E-state index in [9.17, 15) is 14.7 Å². The second-order valence-corrected chi connectivity index (χ2v) is 9.71. The fourth-order valence-electron chi connectivity index (χ4n) is 5.32. The van der Waals surface area contributed by atoms with Crippen LogP contribution in [0.1, 0.15) is 23.2 Å². The van der Waals surface area contributed by atoms with Crippen molar-refractivity contribution in [3.05, 3.63) is 70.5 Å². The Morgan fingerprint density at radius 3 is 2.66 bits per heavy atom. The summed E-state index contributed by atoms with van der Waals surface area (Å²) in [4.78, 5) is 34.7. The highest BCUT2D eigenvalue weighted by Gasteiger charge is 2.24. The highest BCUT2D eigenvalue weighted by Crippen LogP contribution is 2.28. The molecule has 1 amide bonds. The molecule has 1 saturated heterocycles. The van der Waals surface area contributed by atoms with Gasteiger partial charge in [-0.25, -0.2) is 4.98 Å². The third kappa shape index (κ3) is 4.89. The summed E-state index contributed by atoms with van der Waals surface area (Å²) >= 11 is 0. The molecule has 0 aliphatic carbocycles. The van der Waals surface area contributed by atoms with Gasteiger partial charge < -0.3 is 29.5 Å². The van der Waals surface area contributed by atoms with Crippen LogP contribution in [0.5, 0.6) is 11.5 Å². The van der Waals surface area contributed by atoms with Crippen LogP contribution in [0.4, 0.5) is 5.82 Å². The van der Waals surface area contributed by atoms with E-state index in [0.29, 0.717) is 34.9 Å². The average molecular weight is 516 g/mol. The summed E-state index contributed by atoms with van der Waals surface area (Å²) < 4.78 is 7.12. The van der Waals surface area contributed by atoms with Gasteiger partial charge in [-0.1, -0.05) is 12.1 Å². The molecule has 2 aromatic carbocycles. The Balaban J connectivity index is 1.28. The van der Waals surface area contributed by atoms with Crippen molar-refractivity contribution < 1.29 is 14.6 Å². The number of ether oxygens (including phenoxy) is 1. The Labute approximate surface area is 221 Å². The first-order valence-electron chi connectivity index (χ1n) is 12.9. The van der Waals surface area contributed by atoms with E-state index in [4.69, 9.17) is 9.72 Å². The van der Waals surface area contributed by atoms with Gasteiger partial charge in [-0.2, -0.15) is 0 Å². The molecular weight excluding hydrogens is 482 g/mol. The lowest BCUT2D eigenvalue weighted by Gasteiger charge is -2.37. The number of methoxy groups -OCH3 is 1. The Hall–Kier alpha value is -4.11. The number of hydrogen-bond acceptors (Lipinski definition) is 7. The molecule has 1 fully saturated rings. The molecule has 0 radical (unpaired) electrons. The van der Waals surface area contributed by atoms with Crippen LogP contribution in [-0.4, -0.2) is 72.3 Å². The number of para-hydroxylation sites is 1. The van der Waals surface area contributed by atoms with Crippen molar-refractivity contribution in [3.63, 3.8) is 0 Å². The molecule has 0 saturated carbocycles. The summed E-state index contributed by atoms with van der Waals surface area (Å²) in [6, 6.07) is 16.6. The van der Waals surface area contributed by atoms with E-state index in [1.54, 1.807) is 30.9 Å². The SMILES string of the molecule is CNC(=O)c1cc(=O)n(CCN2CCC(N(C)c3ccc4cccc(O)c4n3)CC2)c2cc(OC)ccc12. The van der Waals surface area contributed by atoms with Gasteiger partial charge in [0.15, 0.2) is 0 Å². The van der Waals surface area contributed by atoms with Gasteiger partial charge in [-0.05, 0) is 43.2 Å². The quantitative estimate of drug-likeness (QED) is 0.390. The first-order chi connectivity index (χ1) is 18.4. The number of pyridine rings is 2. The maximum absolute atomic E-state index is 13.1. The van der Waals surface area contributed by atoms with Gasteiger partial charge in [0, 0.05) is 69.2 Å². The van der Waals surface area contributed by atoms with E-state index in [2.05, 4.69) is 22.2 Å². The van der Waals surface area contributed by atoms with Gasteiger partial charge in [0.25, 0.3) is 11.5 Å². The summed E-state index contributed by atoms with van der Waals surface area (Å²) in [5.74, 6) is 1.39. The molecule has 0 unspecified atom stereocenters. The molecule has 0 atom stereocenters. The third-order valence-corrected chi connectivity index (χ3v) is 7.58. The summed E-state index contributed by atoms with van der Waals surface area (Å²) in [5.41, 5.74) is 1.47. The smallest absolute Gasteiger partial charge is 0.251 e. The predicted molar refractivity (Wildman–Crippen MR) is 149 cm³/mol. The lowest BCUT2D eigenvalue weighted by atomic mass is 10.0. The van der Waals surface area contributed by atoms with E-state index in [1.807, 2.05) is 36.4 Å². The van der Waals surface area contributed by atoms with Crippen molar-refractivity contribution in [1.82, 2.24) is 19.8 Å². The minimum absolute atomic E-state index is 0.191. The summed E-state index contributed by atoms with van der Waals surface area (Å²) in [6.45, 7) is 3.05. The van der Waals surface area contributed by atoms with Gasteiger partial charge in [0.2, 0.25) is 0 Å². The van der Waals surface area contributed by atoms with Crippen molar-refractivity contribution in [2.45, 2.75) is 25.4 Å². The molecule has 3 heterocycles. The highest BCUT2D eigenvalue weighted by molar-refractivity contribution is 6.06. The van der Waals surface area contributed by atoms with E-state index in [1.165, 1.54) is 6.07 Å². The second kappa shape index (κ2) is 10.7. The van der Waals surface area contributed by atoms with Gasteiger partial charge in [-0.3, -0.25) is 9.59 Å². The van der Waals surface area contributed by atoms with Crippen molar-refractivity contribution in [3.8, 4) is 11.5 Å². The molecule has 2 aromatic heterocycles. The maximum Gasteiger partial charge on any atom is 0.251 e. The maximum atomic E-state index is 13.1. The number of hydrogen-bond donors (Lipinski definition) is 2. The third-order valence-electron chi connectivity index (χ3n) is 7.58. The lowest BCUT2D eigenvalue weighted by Crippen LogP contribution is -2.45. The second-order valence-electron chi connectivity index (χ2n) is 9.71. The Kier molecular flexibility index (Phi) is 7.20. The van der Waals surface area contributed by atoms with E-state index < -0.39 is 0 Å². The molecule has 4 aromatic rings. The predicted octanol–water partition coefficient (Wildman–Crippen LogP) is 3.22. The fourth-order valence-corrected chi connectivity index (χ4v) is 5.32. The standard InChI is InChI=1S/C29H33N5O4/c1-30-29(37)23-18-27(36)34(24-17-21(38-3)8-9-22(23)24)16-15-33-13-11-20(12-14-33)32(2)26-10-7-19-5-4-6-25(35)28(19)31-26/h4-10,17-18,20,35H,11-16H2,1-3H3,(H,30,37). The number of anilines is 1. The Bertz CT molecular complexity index is 1540. The van der Waals surface area contributed by atoms with E-state index in [-0.39, 0.29) is 17.2 Å². The molecule has 9 nitrogen and oxygen atoms in total. The molecule has 2 N–H and O–H groups in total. The van der Waals surface area contributed by atoms with Crippen LogP contribution in [0, 0.1) is 0 Å². The topological polar surface area (TPSA) is 99.9 Å². The minimum Gasteiger partial charge on any atom is -0.506 e. The fraction of sp³-hybridized carbons (Fsp3) is 0.345. The number of amides is 1. The lowest BCUT2D eigenvalue weighted by molar-refractivity contribution is 0.0964. The number of benzene rings is 2. The van der Waals surface area contributed by atoms with Crippen molar-refractivity contribution in [2.75, 3.05) is 45.7 Å².